The van der Waals surface area contributed by atoms with Crippen molar-refractivity contribution in [1.29, 1.82) is 0 Å². The first-order valence-corrected chi connectivity index (χ1v) is 10.1. The molecule has 0 unspecified atom stereocenters. The SMILES string of the molecule is CCOCCOCCOC(=O)CC(C)(CC)CC(=O)OCCOCCOCC. The molecule has 0 aliphatic rings. The van der Waals surface area contributed by atoms with Crippen molar-refractivity contribution in [2.45, 2.75) is 47.0 Å². The summed E-state index contributed by atoms with van der Waals surface area (Å²) in [4.78, 5) is 24.1. The average Bonchev–Trinajstić information content (AvgIpc) is 2.66. The van der Waals surface area contributed by atoms with Crippen LogP contribution in [0.3, 0.4) is 0 Å². The minimum absolute atomic E-state index is 0.155. The summed E-state index contributed by atoms with van der Waals surface area (Å²) in [6.07, 6.45) is 0.970. The van der Waals surface area contributed by atoms with Crippen LogP contribution in [0.25, 0.3) is 0 Å². The van der Waals surface area contributed by atoms with E-state index in [1.165, 1.54) is 0 Å². The van der Waals surface area contributed by atoms with Gasteiger partial charge in [0.2, 0.25) is 0 Å². The second-order valence-corrected chi connectivity index (χ2v) is 6.58. The Bertz CT molecular complexity index is 368. The summed E-state index contributed by atoms with van der Waals surface area (Å²) in [5.41, 5.74) is -0.500. The van der Waals surface area contributed by atoms with E-state index < -0.39 is 5.41 Å². The zero-order valence-electron chi connectivity index (χ0n) is 18.0. The summed E-state index contributed by atoms with van der Waals surface area (Å²) in [5, 5.41) is 0. The van der Waals surface area contributed by atoms with Crippen molar-refractivity contribution < 1.29 is 38.0 Å². The van der Waals surface area contributed by atoms with Gasteiger partial charge in [-0.05, 0) is 25.7 Å². The van der Waals surface area contributed by atoms with Crippen LogP contribution in [-0.2, 0) is 38.0 Å². The Hall–Kier alpha value is -1.22. The Morgan fingerprint density at radius 3 is 1.32 bits per heavy atom. The molecule has 0 spiro atoms. The van der Waals surface area contributed by atoms with Gasteiger partial charge in [0.15, 0.2) is 0 Å². The first-order valence-electron chi connectivity index (χ1n) is 10.1. The summed E-state index contributed by atoms with van der Waals surface area (Å²) in [7, 11) is 0. The van der Waals surface area contributed by atoms with Crippen LogP contribution >= 0.6 is 0 Å². The summed E-state index contributed by atoms with van der Waals surface area (Å²) >= 11 is 0. The minimum Gasteiger partial charge on any atom is -0.463 e. The molecule has 0 N–H and O–H groups in total. The third-order valence-corrected chi connectivity index (χ3v) is 4.13. The molecule has 0 aromatic carbocycles. The Morgan fingerprint density at radius 1 is 0.607 bits per heavy atom. The first kappa shape index (κ1) is 26.8. The van der Waals surface area contributed by atoms with Gasteiger partial charge in [0.05, 0.1) is 52.5 Å². The molecule has 0 aromatic heterocycles. The van der Waals surface area contributed by atoms with Crippen LogP contribution in [0.15, 0.2) is 0 Å². The molecule has 0 bridgehead atoms. The highest BCUT2D eigenvalue weighted by molar-refractivity contribution is 5.74. The molecule has 0 heterocycles. The van der Waals surface area contributed by atoms with Crippen molar-refractivity contribution in [3.05, 3.63) is 0 Å². The van der Waals surface area contributed by atoms with Crippen LogP contribution in [0.1, 0.15) is 47.0 Å². The average molecular weight is 407 g/mol. The van der Waals surface area contributed by atoms with E-state index in [4.69, 9.17) is 28.4 Å². The van der Waals surface area contributed by atoms with Gasteiger partial charge in [0.25, 0.3) is 0 Å². The summed E-state index contributed by atoms with van der Waals surface area (Å²) in [6, 6.07) is 0. The van der Waals surface area contributed by atoms with Gasteiger partial charge in [-0.2, -0.15) is 0 Å². The lowest BCUT2D eigenvalue weighted by atomic mass is 9.81. The van der Waals surface area contributed by atoms with Gasteiger partial charge in [-0.3, -0.25) is 9.59 Å². The number of hydrogen-bond acceptors (Lipinski definition) is 8. The maximum atomic E-state index is 12.0. The van der Waals surface area contributed by atoms with Crippen molar-refractivity contribution in [3.63, 3.8) is 0 Å². The fourth-order valence-electron chi connectivity index (χ4n) is 2.27. The number of rotatable bonds is 19. The van der Waals surface area contributed by atoms with Crippen LogP contribution in [0.5, 0.6) is 0 Å². The predicted octanol–water partition coefficient (Wildman–Crippen LogP) is 2.38. The summed E-state index contributed by atoms with van der Waals surface area (Å²) < 4.78 is 31.3. The number of hydrogen-bond donors (Lipinski definition) is 0. The second-order valence-electron chi connectivity index (χ2n) is 6.58. The maximum absolute atomic E-state index is 12.0. The maximum Gasteiger partial charge on any atom is 0.306 e. The molecule has 8 nitrogen and oxygen atoms in total. The largest absolute Gasteiger partial charge is 0.463 e. The van der Waals surface area contributed by atoms with Gasteiger partial charge in [-0.15, -0.1) is 0 Å². The topological polar surface area (TPSA) is 89.5 Å². The molecular weight excluding hydrogens is 368 g/mol. The van der Waals surface area contributed by atoms with Gasteiger partial charge < -0.3 is 28.4 Å². The molecule has 0 rings (SSSR count). The first-order chi connectivity index (χ1) is 13.5. The van der Waals surface area contributed by atoms with Crippen molar-refractivity contribution in [1.82, 2.24) is 0 Å². The molecular formula is C20H38O8. The highest BCUT2D eigenvalue weighted by Crippen LogP contribution is 2.31. The molecule has 0 aromatic rings. The molecule has 28 heavy (non-hydrogen) atoms. The fourth-order valence-corrected chi connectivity index (χ4v) is 2.27. The lowest BCUT2D eigenvalue weighted by molar-refractivity contribution is -0.152. The van der Waals surface area contributed by atoms with Gasteiger partial charge in [-0.25, -0.2) is 0 Å². The third-order valence-electron chi connectivity index (χ3n) is 4.13. The van der Waals surface area contributed by atoms with Crippen LogP contribution in [0, 0.1) is 5.41 Å². The third kappa shape index (κ3) is 15.8. The van der Waals surface area contributed by atoms with Gasteiger partial charge in [0.1, 0.15) is 13.2 Å². The number of esters is 2. The van der Waals surface area contributed by atoms with Gasteiger partial charge in [0, 0.05) is 13.2 Å². The van der Waals surface area contributed by atoms with E-state index in [2.05, 4.69) is 0 Å². The van der Waals surface area contributed by atoms with Gasteiger partial charge in [-0.1, -0.05) is 13.8 Å². The van der Waals surface area contributed by atoms with Crippen LogP contribution in [0.4, 0.5) is 0 Å². The van der Waals surface area contributed by atoms with Crippen LogP contribution in [0.2, 0.25) is 0 Å². The molecule has 0 radical (unpaired) electrons. The highest BCUT2D eigenvalue weighted by atomic mass is 16.6. The van der Waals surface area contributed by atoms with E-state index in [1.54, 1.807) is 0 Å². The molecule has 0 aliphatic carbocycles. The molecule has 166 valence electrons. The molecule has 0 amide bonds. The van der Waals surface area contributed by atoms with Crippen LogP contribution in [-0.4, -0.2) is 78.0 Å². The van der Waals surface area contributed by atoms with Crippen molar-refractivity contribution in [2.75, 3.05) is 66.1 Å². The van der Waals surface area contributed by atoms with E-state index in [9.17, 15) is 9.59 Å². The lowest BCUT2D eigenvalue weighted by Gasteiger charge is -2.26. The predicted molar refractivity (Wildman–Crippen MR) is 104 cm³/mol. The molecule has 0 atom stereocenters. The Morgan fingerprint density at radius 2 is 0.964 bits per heavy atom. The highest BCUT2D eigenvalue weighted by Gasteiger charge is 2.30. The molecule has 8 heteroatoms. The normalized spacial score (nSPS) is 11.4. The Labute approximate surface area is 169 Å². The van der Waals surface area contributed by atoms with E-state index in [0.29, 0.717) is 59.3 Å². The zero-order valence-corrected chi connectivity index (χ0v) is 18.0. The van der Waals surface area contributed by atoms with Crippen molar-refractivity contribution in [3.8, 4) is 0 Å². The summed E-state index contributed by atoms with van der Waals surface area (Å²) in [5.74, 6) is -0.686. The Balaban J connectivity index is 3.92. The summed E-state index contributed by atoms with van der Waals surface area (Å²) in [6.45, 7) is 12.0. The molecule has 0 saturated heterocycles. The number of ether oxygens (including phenoxy) is 6. The fraction of sp³-hybridized carbons (Fsp3) is 0.900. The van der Waals surface area contributed by atoms with Crippen molar-refractivity contribution in [2.24, 2.45) is 5.41 Å². The number of carbonyl (C=O) groups is 2. The second kappa shape index (κ2) is 17.8. The van der Waals surface area contributed by atoms with E-state index >= 15 is 0 Å². The van der Waals surface area contributed by atoms with E-state index in [1.807, 2.05) is 27.7 Å². The lowest BCUT2D eigenvalue weighted by Crippen LogP contribution is -2.27. The van der Waals surface area contributed by atoms with Gasteiger partial charge >= 0.3 is 11.9 Å². The standard InChI is InChI=1S/C20H38O8/c1-5-20(4,16-18(21)27-14-12-25-10-8-23-6-2)17-19(22)28-15-13-26-11-9-24-7-3/h5-17H2,1-4H3. The van der Waals surface area contributed by atoms with E-state index in [-0.39, 0.29) is 38.0 Å². The Kier molecular flexibility index (Phi) is 17.1. The molecule has 0 fully saturated rings. The number of carbonyl (C=O) groups excluding carboxylic acids is 2. The zero-order chi connectivity index (χ0) is 21.1. The van der Waals surface area contributed by atoms with Crippen molar-refractivity contribution >= 4 is 11.9 Å². The van der Waals surface area contributed by atoms with E-state index in [0.717, 1.165) is 0 Å². The quantitative estimate of drug-likeness (QED) is 0.239. The minimum atomic E-state index is -0.500. The van der Waals surface area contributed by atoms with Crippen LogP contribution < -0.4 is 0 Å². The smallest absolute Gasteiger partial charge is 0.306 e. The molecule has 0 saturated carbocycles. The monoisotopic (exact) mass is 406 g/mol. The molecule has 0 aliphatic heterocycles.